The summed E-state index contributed by atoms with van der Waals surface area (Å²) >= 11 is 0. The average molecular weight is 154 g/mol. The molecule has 62 valence electrons. The van der Waals surface area contributed by atoms with E-state index in [4.69, 9.17) is 10.3 Å². The predicted molar refractivity (Wildman–Crippen MR) is 44.2 cm³/mol. The van der Waals surface area contributed by atoms with E-state index in [0.29, 0.717) is 11.8 Å². The Labute approximate surface area is 66.6 Å². The zero-order chi connectivity index (χ0) is 8.43. The van der Waals surface area contributed by atoms with Crippen LogP contribution in [0.1, 0.15) is 25.1 Å². The van der Waals surface area contributed by atoms with Crippen molar-refractivity contribution in [3.63, 3.8) is 0 Å². The minimum Gasteiger partial charge on any atom is -0.367 e. The summed E-state index contributed by atoms with van der Waals surface area (Å²) in [6, 6.07) is 0. The van der Waals surface area contributed by atoms with Gasteiger partial charge in [-0.05, 0) is 19.3 Å². The van der Waals surface area contributed by atoms with Gasteiger partial charge in [0.15, 0.2) is 0 Å². The lowest BCUT2D eigenvalue weighted by Gasteiger charge is -2.01. The van der Waals surface area contributed by atoms with Crippen molar-refractivity contribution in [2.75, 3.05) is 5.73 Å². The van der Waals surface area contributed by atoms with Gasteiger partial charge in [0.25, 0.3) is 0 Å². The number of nitrogen functional groups attached to an aromatic ring is 1. The molecule has 0 aliphatic heterocycles. The van der Waals surface area contributed by atoms with Crippen LogP contribution in [0, 0.1) is 12.8 Å². The molecule has 0 unspecified atom stereocenters. The number of anilines is 1. The molecule has 1 heterocycles. The van der Waals surface area contributed by atoms with Gasteiger partial charge >= 0.3 is 0 Å². The number of hydrogen-bond acceptors (Lipinski definition) is 3. The van der Waals surface area contributed by atoms with E-state index in [1.807, 2.05) is 6.92 Å². The van der Waals surface area contributed by atoms with Gasteiger partial charge in [0.05, 0.1) is 5.69 Å². The van der Waals surface area contributed by atoms with E-state index < -0.39 is 0 Å². The summed E-state index contributed by atoms with van der Waals surface area (Å²) in [5, 5.41) is 3.77. The van der Waals surface area contributed by atoms with E-state index in [1.165, 1.54) is 0 Å². The molecule has 0 radical (unpaired) electrons. The third kappa shape index (κ3) is 1.73. The molecule has 11 heavy (non-hydrogen) atoms. The van der Waals surface area contributed by atoms with Gasteiger partial charge < -0.3 is 10.3 Å². The van der Waals surface area contributed by atoms with Gasteiger partial charge in [-0.25, -0.2) is 0 Å². The Morgan fingerprint density at radius 2 is 2.18 bits per heavy atom. The SMILES string of the molecule is Cc1noc(N)c1CC(C)C. The maximum atomic E-state index is 5.56. The lowest BCUT2D eigenvalue weighted by Crippen LogP contribution is -1.98. The van der Waals surface area contributed by atoms with Crippen LogP contribution >= 0.6 is 0 Å². The highest BCUT2D eigenvalue weighted by Gasteiger charge is 2.10. The van der Waals surface area contributed by atoms with E-state index >= 15 is 0 Å². The Balaban J connectivity index is 2.83. The van der Waals surface area contributed by atoms with Crippen LogP contribution in [-0.4, -0.2) is 5.16 Å². The number of nitrogens with two attached hydrogens (primary N) is 1. The van der Waals surface area contributed by atoms with Crippen molar-refractivity contribution in [1.29, 1.82) is 0 Å². The normalized spacial score (nSPS) is 10.9. The van der Waals surface area contributed by atoms with Gasteiger partial charge in [-0.3, -0.25) is 0 Å². The number of rotatable bonds is 2. The fourth-order valence-corrected chi connectivity index (χ4v) is 1.06. The Hall–Kier alpha value is -0.990. The molecule has 0 spiro atoms. The van der Waals surface area contributed by atoms with Crippen molar-refractivity contribution >= 4 is 5.88 Å². The molecule has 1 aromatic heterocycles. The highest BCUT2D eigenvalue weighted by molar-refractivity contribution is 5.38. The lowest BCUT2D eigenvalue weighted by atomic mass is 10.0. The van der Waals surface area contributed by atoms with E-state index in [-0.39, 0.29) is 0 Å². The van der Waals surface area contributed by atoms with E-state index in [0.717, 1.165) is 17.7 Å². The van der Waals surface area contributed by atoms with Crippen LogP contribution in [0.15, 0.2) is 4.52 Å². The Bertz CT molecular complexity index is 221. The summed E-state index contributed by atoms with van der Waals surface area (Å²) in [6.45, 7) is 6.20. The third-order valence-corrected chi connectivity index (χ3v) is 1.63. The van der Waals surface area contributed by atoms with Crippen LogP contribution in [0.2, 0.25) is 0 Å². The lowest BCUT2D eigenvalue weighted by molar-refractivity contribution is 0.430. The zero-order valence-corrected chi connectivity index (χ0v) is 7.22. The van der Waals surface area contributed by atoms with Crippen LogP contribution in [0.5, 0.6) is 0 Å². The minimum atomic E-state index is 0.469. The summed E-state index contributed by atoms with van der Waals surface area (Å²) < 4.78 is 4.82. The van der Waals surface area contributed by atoms with Gasteiger partial charge in [0.1, 0.15) is 0 Å². The van der Waals surface area contributed by atoms with E-state index in [1.54, 1.807) is 0 Å². The highest BCUT2D eigenvalue weighted by atomic mass is 16.5. The number of aryl methyl sites for hydroxylation is 1. The number of hydrogen-bond donors (Lipinski definition) is 1. The Morgan fingerprint density at radius 1 is 1.55 bits per heavy atom. The first-order valence-corrected chi connectivity index (χ1v) is 3.82. The van der Waals surface area contributed by atoms with Crippen LogP contribution in [0.25, 0.3) is 0 Å². The standard InChI is InChI=1S/C8H14N2O/c1-5(2)4-7-6(3)10-11-8(7)9/h5H,4,9H2,1-3H3. The van der Waals surface area contributed by atoms with Crippen molar-refractivity contribution in [2.45, 2.75) is 27.2 Å². The molecule has 3 nitrogen and oxygen atoms in total. The van der Waals surface area contributed by atoms with Crippen LogP contribution in [0.3, 0.4) is 0 Å². The third-order valence-electron chi connectivity index (χ3n) is 1.63. The van der Waals surface area contributed by atoms with Gasteiger partial charge in [-0.1, -0.05) is 19.0 Å². The Morgan fingerprint density at radius 3 is 2.55 bits per heavy atom. The largest absolute Gasteiger partial charge is 0.367 e. The molecular weight excluding hydrogens is 140 g/mol. The van der Waals surface area contributed by atoms with E-state index in [9.17, 15) is 0 Å². The maximum Gasteiger partial charge on any atom is 0.225 e. The first-order valence-electron chi connectivity index (χ1n) is 3.82. The van der Waals surface area contributed by atoms with Crippen molar-refractivity contribution in [2.24, 2.45) is 5.92 Å². The van der Waals surface area contributed by atoms with Gasteiger partial charge in [-0.15, -0.1) is 0 Å². The average Bonchev–Trinajstić information content (AvgIpc) is 2.18. The molecule has 0 aliphatic carbocycles. The molecule has 0 aromatic carbocycles. The molecule has 0 saturated carbocycles. The number of aromatic nitrogens is 1. The van der Waals surface area contributed by atoms with E-state index in [2.05, 4.69) is 19.0 Å². The summed E-state index contributed by atoms with van der Waals surface area (Å²) in [4.78, 5) is 0. The fraction of sp³-hybridized carbons (Fsp3) is 0.625. The van der Waals surface area contributed by atoms with Gasteiger partial charge in [0, 0.05) is 5.56 Å². The van der Waals surface area contributed by atoms with Gasteiger partial charge in [0.2, 0.25) is 5.88 Å². The second-order valence-corrected chi connectivity index (χ2v) is 3.21. The molecule has 0 bridgehead atoms. The van der Waals surface area contributed by atoms with Crippen molar-refractivity contribution in [1.82, 2.24) is 5.16 Å². The second-order valence-electron chi connectivity index (χ2n) is 3.21. The fourth-order valence-electron chi connectivity index (χ4n) is 1.06. The predicted octanol–water partition coefficient (Wildman–Crippen LogP) is 1.76. The summed E-state index contributed by atoms with van der Waals surface area (Å²) in [6.07, 6.45) is 0.946. The highest BCUT2D eigenvalue weighted by Crippen LogP contribution is 2.18. The van der Waals surface area contributed by atoms with Crippen molar-refractivity contribution in [3.05, 3.63) is 11.3 Å². The Kier molecular flexibility index (Phi) is 2.17. The number of nitrogens with zero attached hydrogens (tertiary/aromatic N) is 1. The quantitative estimate of drug-likeness (QED) is 0.706. The minimum absolute atomic E-state index is 0.469. The summed E-state index contributed by atoms with van der Waals surface area (Å²) in [7, 11) is 0. The first kappa shape index (κ1) is 8.11. The molecule has 1 aromatic rings. The van der Waals surface area contributed by atoms with Crippen LogP contribution < -0.4 is 5.73 Å². The summed E-state index contributed by atoms with van der Waals surface area (Å²) in [5.74, 6) is 1.06. The smallest absolute Gasteiger partial charge is 0.225 e. The molecule has 3 heteroatoms. The second kappa shape index (κ2) is 2.95. The molecule has 2 N–H and O–H groups in total. The monoisotopic (exact) mass is 154 g/mol. The summed E-state index contributed by atoms with van der Waals surface area (Å²) in [5.41, 5.74) is 7.53. The maximum absolute atomic E-state index is 5.56. The molecule has 0 atom stereocenters. The first-order chi connectivity index (χ1) is 5.11. The van der Waals surface area contributed by atoms with Crippen molar-refractivity contribution < 1.29 is 4.52 Å². The molecular formula is C8H14N2O. The molecule has 0 saturated heterocycles. The topological polar surface area (TPSA) is 52.0 Å². The molecule has 0 fully saturated rings. The van der Waals surface area contributed by atoms with Crippen LogP contribution in [-0.2, 0) is 6.42 Å². The molecule has 0 aliphatic rings. The van der Waals surface area contributed by atoms with Crippen molar-refractivity contribution in [3.8, 4) is 0 Å². The van der Waals surface area contributed by atoms with Crippen LogP contribution in [0.4, 0.5) is 5.88 Å². The van der Waals surface area contributed by atoms with Gasteiger partial charge in [-0.2, -0.15) is 0 Å². The zero-order valence-electron chi connectivity index (χ0n) is 7.22. The molecule has 1 rings (SSSR count). The molecule has 0 amide bonds.